The highest BCUT2D eigenvalue weighted by Gasteiger charge is 2.39. The van der Waals surface area contributed by atoms with Crippen LogP contribution < -0.4 is 11.1 Å². The third-order valence-corrected chi connectivity index (χ3v) is 4.31. The number of pyridine rings is 1. The first-order chi connectivity index (χ1) is 9.22. The highest BCUT2D eigenvalue weighted by molar-refractivity contribution is 5.90. The number of nitrogen functional groups attached to an aromatic ring is 1. The molecule has 2 aromatic rings. The predicted octanol–water partition coefficient (Wildman–Crippen LogP) is 3.10. The number of nitrogens with zero attached hydrogens (tertiary/aromatic N) is 1. The van der Waals surface area contributed by atoms with Gasteiger partial charge in [0.05, 0.1) is 11.2 Å². The molecule has 0 spiro atoms. The fraction of sp³-hybridized carbons (Fsp3) is 0.438. The summed E-state index contributed by atoms with van der Waals surface area (Å²) in [6, 6.07) is 10.0. The van der Waals surface area contributed by atoms with Crippen molar-refractivity contribution in [3.8, 4) is 0 Å². The van der Waals surface area contributed by atoms with Crippen molar-refractivity contribution in [2.75, 3.05) is 12.3 Å². The van der Waals surface area contributed by atoms with Crippen LogP contribution in [0.25, 0.3) is 10.9 Å². The Morgan fingerprint density at radius 1 is 1.32 bits per heavy atom. The number of para-hydroxylation sites is 1. The summed E-state index contributed by atoms with van der Waals surface area (Å²) in [4.78, 5) is 4.66. The molecule has 0 aliphatic heterocycles. The monoisotopic (exact) mass is 255 g/mol. The summed E-state index contributed by atoms with van der Waals surface area (Å²) < 4.78 is 0. The molecule has 3 heteroatoms. The zero-order valence-electron chi connectivity index (χ0n) is 11.4. The summed E-state index contributed by atoms with van der Waals surface area (Å²) in [6.07, 6.45) is 4.00. The summed E-state index contributed by atoms with van der Waals surface area (Å²) in [5, 5.41) is 4.57. The van der Waals surface area contributed by atoms with Crippen molar-refractivity contribution in [2.24, 2.45) is 5.41 Å². The highest BCUT2D eigenvalue weighted by atomic mass is 14.9. The second-order valence-corrected chi connectivity index (χ2v) is 5.68. The Hall–Kier alpha value is -1.61. The Balaban J connectivity index is 1.71. The summed E-state index contributed by atoms with van der Waals surface area (Å²) in [7, 11) is 0. The summed E-state index contributed by atoms with van der Waals surface area (Å²) in [5.41, 5.74) is 9.49. The lowest BCUT2D eigenvalue weighted by Gasteiger charge is -2.13. The van der Waals surface area contributed by atoms with Gasteiger partial charge in [-0.3, -0.25) is 4.98 Å². The van der Waals surface area contributed by atoms with E-state index in [2.05, 4.69) is 17.2 Å². The summed E-state index contributed by atoms with van der Waals surface area (Å²) >= 11 is 0. The van der Waals surface area contributed by atoms with Crippen molar-refractivity contribution in [3.05, 3.63) is 36.0 Å². The number of benzene rings is 1. The van der Waals surface area contributed by atoms with Gasteiger partial charge in [0, 0.05) is 24.2 Å². The Labute approximate surface area is 114 Å². The normalized spacial score (nSPS) is 16.7. The van der Waals surface area contributed by atoms with E-state index >= 15 is 0 Å². The number of nitrogens with two attached hydrogens (primary N) is 1. The van der Waals surface area contributed by atoms with Crippen LogP contribution in [-0.4, -0.2) is 11.5 Å². The average molecular weight is 255 g/mol. The van der Waals surface area contributed by atoms with E-state index in [-0.39, 0.29) is 0 Å². The van der Waals surface area contributed by atoms with Crippen LogP contribution in [0.4, 0.5) is 5.69 Å². The number of hydrogen-bond acceptors (Lipinski definition) is 3. The second kappa shape index (κ2) is 4.82. The smallest absolute Gasteiger partial charge is 0.0726 e. The third-order valence-electron chi connectivity index (χ3n) is 4.31. The van der Waals surface area contributed by atoms with Crippen LogP contribution in [0.2, 0.25) is 0 Å². The zero-order valence-corrected chi connectivity index (χ0v) is 11.4. The molecule has 0 bridgehead atoms. The number of rotatable bonds is 5. The van der Waals surface area contributed by atoms with Gasteiger partial charge in [-0.15, -0.1) is 0 Å². The SMILES string of the molecule is CCC1(CNCc2cc(N)c3ccccc3n2)CC1. The number of aromatic nitrogens is 1. The van der Waals surface area contributed by atoms with Gasteiger partial charge in [0.1, 0.15) is 0 Å². The number of anilines is 1. The molecule has 19 heavy (non-hydrogen) atoms. The maximum atomic E-state index is 6.09. The fourth-order valence-electron chi connectivity index (χ4n) is 2.64. The minimum atomic E-state index is 0.572. The Kier molecular flexibility index (Phi) is 3.15. The largest absolute Gasteiger partial charge is 0.398 e. The van der Waals surface area contributed by atoms with E-state index in [1.807, 2.05) is 30.3 Å². The lowest BCUT2D eigenvalue weighted by Crippen LogP contribution is -2.23. The zero-order chi connectivity index (χ0) is 13.3. The molecule has 1 fully saturated rings. The maximum Gasteiger partial charge on any atom is 0.0726 e. The van der Waals surface area contributed by atoms with E-state index in [9.17, 15) is 0 Å². The first-order valence-electron chi connectivity index (χ1n) is 7.07. The molecule has 0 amide bonds. The van der Waals surface area contributed by atoms with E-state index < -0.39 is 0 Å². The Bertz CT molecular complexity index is 588. The van der Waals surface area contributed by atoms with Gasteiger partial charge in [-0.25, -0.2) is 0 Å². The minimum Gasteiger partial charge on any atom is -0.398 e. The van der Waals surface area contributed by atoms with Crippen LogP contribution in [0.5, 0.6) is 0 Å². The summed E-state index contributed by atoms with van der Waals surface area (Å²) in [6.45, 7) is 4.18. The van der Waals surface area contributed by atoms with Gasteiger partial charge in [-0.2, -0.15) is 0 Å². The molecule has 1 saturated carbocycles. The van der Waals surface area contributed by atoms with Gasteiger partial charge < -0.3 is 11.1 Å². The molecular weight excluding hydrogens is 234 g/mol. The third kappa shape index (κ3) is 2.56. The number of hydrogen-bond donors (Lipinski definition) is 2. The molecule has 1 aliphatic carbocycles. The van der Waals surface area contributed by atoms with Crippen molar-refractivity contribution in [3.63, 3.8) is 0 Å². The number of fused-ring (bicyclic) bond motifs is 1. The first-order valence-corrected chi connectivity index (χ1v) is 7.07. The van der Waals surface area contributed by atoms with E-state index in [1.165, 1.54) is 19.3 Å². The van der Waals surface area contributed by atoms with Crippen molar-refractivity contribution < 1.29 is 0 Å². The fourth-order valence-corrected chi connectivity index (χ4v) is 2.64. The van der Waals surface area contributed by atoms with Crippen LogP contribution in [0.3, 0.4) is 0 Å². The molecule has 3 N–H and O–H groups in total. The lowest BCUT2D eigenvalue weighted by molar-refractivity contribution is 0.442. The quantitative estimate of drug-likeness (QED) is 0.863. The second-order valence-electron chi connectivity index (χ2n) is 5.68. The molecule has 3 nitrogen and oxygen atoms in total. The maximum absolute atomic E-state index is 6.09. The van der Waals surface area contributed by atoms with Gasteiger partial charge in [0.2, 0.25) is 0 Å². The lowest BCUT2D eigenvalue weighted by atomic mass is 10.0. The van der Waals surface area contributed by atoms with E-state index in [0.29, 0.717) is 5.41 Å². The van der Waals surface area contributed by atoms with Crippen molar-refractivity contribution in [1.82, 2.24) is 10.3 Å². The standard InChI is InChI=1S/C16H21N3/c1-2-16(7-8-16)11-18-10-12-9-14(17)13-5-3-4-6-15(13)19-12/h3-6,9,18H,2,7-8,10-11H2,1H3,(H2,17,19). The molecule has 1 heterocycles. The average Bonchev–Trinajstić information content (AvgIpc) is 3.19. The molecule has 0 saturated heterocycles. The summed E-state index contributed by atoms with van der Waals surface area (Å²) in [5.74, 6) is 0. The van der Waals surface area contributed by atoms with E-state index in [4.69, 9.17) is 5.73 Å². The molecule has 0 radical (unpaired) electrons. The van der Waals surface area contributed by atoms with Crippen LogP contribution >= 0.6 is 0 Å². The first kappa shape index (κ1) is 12.4. The van der Waals surface area contributed by atoms with Crippen LogP contribution in [-0.2, 0) is 6.54 Å². The van der Waals surface area contributed by atoms with E-state index in [1.54, 1.807) is 0 Å². The molecular formula is C16H21N3. The Morgan fingerprint density at radius 2 is 2.11 bits per heavy atom. The van der Waals surface area contributed by atoms with Crippen LogP contribution in [0.1, 0.15) is 31.9 Å². The van der Waals surface area contributed by atoms with Crippen molar-refractivity contribution >= 4 is 16.6 Å². The van der Waals surface area contributed by atoms with Crippen LogP contribution in [0.15, 0.2) is 30.3 Å². The highest BCUT2D eigenvalue weighted by Crippen LogP contribution is 2.47. The predicted molar refractivity (Wildman–Crippen MR) is 79.8 cm³/mol. The van der Waals surface area contributed by atoms with Gasteiger partial charge in [-0.1, -0.05) is 25.1 Å². The van der Waals surface area contributed by atoms with Crippen LogP contribution in [0, 0.1) is 5.41 Å². The molecule has 1 aromatic carbocycles. The molecule has 100 valence electrons. The van der Waals surface area contributed by atoms with Crippen molar-refractivity contribution in [2.45, 2.75) is 32.7 Å². The number of nitrogens with one attached hydrogen (secondary N) is 1. The molecule has 0 unspecified atom stereocenters. The molecule has 1 aromatic heterocycles. The molecule has 1 aliphatic rings. The van der Waals surface area contributed by atoms with Gasteiger partial charge in [0.25, 0.3) is 0 Å². The molecule has 3 rings (SSSR count). The van der Waals surface area contributed by atoms with Crippen molar-refractivity contribution in [1.29, 1.82) is 0 Å². The van der Waals surface area contributed by atoms with Gasteiger partial charge >= 0.3 is 0 Å². The van der Waals surface area contributed by atoms with Gasteiger partial charge in [0.15, 0.2) is 0 Å². The minimum absolute atomic E-state index is 0.572. The van der Waals surface area contributed by atoms with Gasteiger partial charge in [-0.05, 0) is 36.8 Å². The molecule has 0 atom stereocenters. The van der Waals surface area contributed by atoms with E-state index in [0.717, 1.165) is 35.4 Å². The topological polar surface area (TPSA) is 50.9 Å². The Morgan fingerprint density at radius 3 is 2.84 bits per heavy atom.